The Morgan fingerprint density at radius 1 is 1.58 bits per heavy atom. The predicted molar refractivity (Wildman–Crippen MR) is 81.9 cm³/mol. The van der Waals surface area contributed by atoms with Gasteiger partial charge in [0.25, 0.3) is 6.64 Å². The minimum Gasteiger partial charge on any atom is -0.442 e. The highest BCUT2D eigenvalue weighted by molar-refractivity contribution is 8.82. The summed E-state index contributed by atoms with van der Waals surface area (Å²) in [6.45, 7) is -1.28. The number of hydrogen-bond donors (Lipinski definition) is 2. The first-order valence-electron chi connectivity index (χ1n) is 5.38. The van der Waals surface area contributed by atoms with E-state index in [4.69, 9.17) is 31.0 Å². The zero-order valence-corrected chi connectivity index (χ0v) is 13.9. The van der Waals surface area contributed by atoms with Gasteiger partial charge in [-0.05, 0) is 29.0 Å². The molecule has 1 aliphatic rings. The maximum Gasteiger partial charge on any atom is 0.407 e. The summed E-state index contributed by atoms with van der Waals surface area (Å²) in [5.41, 5.74) is 0. The Bertz CT molecular complexity index is 374. The van der Waals surface area contributed by atoms with Gasteiger partial charge in [0.05, 0.1) is 13.2 Å². The van der Waals surface area contributed by atoms with Gasteiger partial charge in [-0.25, -0.2) is 4.79 Å². The second kappa shape index (κ2) is 8.46. The number of hydrogen-bond acceptors (Lipinski definition) is 8. The van der Waals surface area contributed by atoms with Crippen LogP contribution in [0.1, 0.15) is 6.42 Å². The molecule has 110 valence electrons. The molecule has 0 aliphatic carbocycles. The zero-order valence-electron chi connectivity index (χ0n) is 10.6. The molecular weight excluding hydrogens is 329 g/mol. The Hall–Kier alpha value is 0.170. The third-order valence-corrected chi connectivity index (χ3v) is 8.64. The van der Waals surface area contributed by atoms with Gasteiger partial charge in [-0.3, -0.25) is 5.41 Å². The van der Waals surface area contributed by atoms with E-state index in [-0.39, 0.29) is 11.7 Å². The highest BCUT2D eigenvalue weighted by Gasteiger charge is 2.29. The van der Waals surface area contributed by atoms with Crippen molar-refractivity contribution in [3.63, 3.8) is 0 Å². The number of ether oxygens (including phenoxy) is 1. The van der Waals surface area contributed by atoms with Crippen molar-refractivity contribution < 1.29 is 18.6 Å². The third-order valence-electron chi connectivity index (χ3n) is 1.93. The molecule has 0 aromatic carbocycles. The van der Waals surface area contributed by atoms with Gasteiger partial charge in [-0.2, -0.15) is 4.08 Å². The number of rotatable bonds is 5. The fourth-order valence-electron chi connectivity index (χ4n) is 0.986. The molecule has 0 aromatic rings. The van der Waals surface area contributed by atoms with E-state index in [1.54, 1.807) is 11.1 Å². The van der Waals surface area contributed by atoms with Gasteiger partial charge in [0.2, 0.25) is 0 Å². The van der Waals surface area contributed by atoms with E-state index in [0.717, 1.165) is 17.2 Å². The summed E-state index contributed by atoms with van der Waals surface area (Å²) in [5.74, 6) is 0. The van der Waals surface area contributed by atoms with Crippen LogP contribution in [0.3, 0.4) is 0 Å². The number of carbonyl (C=O) groups is 1. The lowest BCUT2D eigenvalue weighted by Crippen LogP contribution is -2.21. The molecule has 0 spiro atoms. The zero-order chi connectivity index (χ0) is 14.3. The highest BCUT2D eigenvalue weighted by Crippen LogP contribution is 2.58. The number of nitrogens with zero attached hydrogens (tertiary/aromatic N) is 1. The van der Waals surface area contributed by atoms with Crippen LogP contribution in [0.25, 0.3) is 0 Å². The molecule has 0 radical (unpaired) electrons. The molecule has 11 heteroatoms. The van der Waals surface area contributed by atoms with Gasteiger partial charge in [0.15, 0.2) is 0 Å². The van der Waals surface area contributed by atoms with Crippen LogP contribution in [0.2, 0.25) is 0 Å². The van der Waals surface area contributed by atoms with Crippen LogP contribution in [-0.4, -0.2) is 49.1 Å². The van der Waals surface area contributed by atoms with E-state index in [1.807, 2.05) is 0 Å². The lowest BCUT2D eigenvalue weighted by atomic mass is 10.5. The molecule has 7 nitrogen and oxygen atoms in total. The summed E-state index contributed by atoms with van der Waals surface area (Å²) in [6, 6.07) is 0. The van der Waals surface area contributed by atoms with Crippen LogP contribution < -0.4 is 5.32 Å². The van der Waals surface area contributed by atoms with E-state index in [1.165, 1.54) is 18.0 Å². The standard InChI is InChI=1S/C8H16N3O4PS3/c1-10-8(12)13-6-7(9)18-19-11(2)16(17)14-4-3-5-15-16/h9H,3-6H2,1-2H3,(H,10,12). The summed E-state index contributed by atoms with van der Waals surface area (Å²) >= 11 is 5.35. The van der Waals surface area contributed by atoms with Crippen molar-refractivity contribution in [2.75, 3.05) is 33.9 Å². The fraction of sp³-hybridized carbons (Fsp3) is 0.750. The number of alkyl carbamates (subject to hydrolysis) is 1. The van der Waals surface area contributed by atoms with E-state index in [9.17, 15) is 4.79 Å². The molecule has 19 heavy (non-hydrogen) atoms. The molecule has 0 bridgehead atoms. The second-order valence-electron chi connectivity index (χ2n) is 3.36. The first kappa shape index (κ1) is 17.2. The molecule has 0 saturated carbocycles. The Kier molecular flexibility index (Phi) is 7.66. The summed E-state index contributed by atoms with van der Waals surface area (Å²) < 4.78 is 17.5. The molecule has 0 aromatic heterocycles. The first-order chi connectivity index (χ1) is 8.98. The van der Waals surface area contributed by atoms with Crippen molar-refractivity contribution in [2.24, 2.45) is 0 Å². The van der Waals surface area contributed by atoms with Gasteiger partial charge >= 0.3 is 6.09 Å². The summed E-state index contributed by atoms with van der Waals surface area (Å²) in [7, 11) is 5.65. The molecular formula is C8H16N3O4PS3. The van der Waals surface area contributed by atoms with Gasteiger partial charge in [0.1, 0.15) is 11.7 Å². The smallest absolute Gasteiger partial charge is 0.407 e. The van der Waals surface area contributed by atoms with Crippen LogP contribution >= 0.6 is 28.4 Å². The minimum absolute atomic E-state index is 0.0736. The van der Waals surface area contributed by atoms with E-state index >= 15 is 0 Å². The number of amides is 1. The predicted octanol–water partition coefficient (Wildman–Crippen LogP) is 2.21. The van der Waals surface area contributed by atoms with Crippen molar-refractivity contribution >= 4 is 51.4 Å². The quantitative estimate of drug-likeness (QED) is 0.258. The fourth-order valence-corrected chi connectivity index (χ4v) is 5.97. The highest BCUT2D eigenvalue weighted by atomic mass is 33.1. The molecule has 2 N–H and O–H groups in total. The molecule has 1 aliphatic heterocycles. The van der Waals surface area contributed by atoms with Crippen molar-refractivity contribution in [1.29, 1.82) is 5.41 Å². The van der Waals surface area contributed by atoms with Crippen molar-refractivity contribution in [2.45, 2.75) is 6.42 Å². The average molecular weight is 345 g/mol. The van der Waals surface area contributed by atoms with Gasteiger partial charge in [-0.15, -0.1) is 0 Å². The average Bonchev–Trinajstić information content (AvgIpc) is 2.42. The molecule has 1 amide bonds. The minimum atomic E-state index is -2.41. The maximum absolute atomic E-state index is 10.8. The van der Waals surface area contributed by atoms with Crippen molar-refractivity contribution in [3.05, 3.63) is 0 Å². The van der Waals surface area contributed by atoms with Gasteiger partial charge < -0.3 is 19.1 Å². The summed E-state index contributed by atoms with van der Waals surface area (Å²) in [5, 5.41) is 10.1. The Morgan fingerprint density at radius 2 is 2.21 bits per heavy atom. The van der Waals surface area contributed by atoms with Crippen molar-refractivity contribution in [1.82, 2.24) is 9.39 Å². The molecule has 1 heterocycles. The summed E-state index contributed by atoms with van der Waals surface area (Å²) in [4.78, 5) is 10.8. The molecule has 1 fully saturated rings. The van der Waals surface area contributed by atoms with Gasteiger partial charge in [0, 0.05) is 25.1 Å². The van der Waals surface area contributed by atoms with E-state index in [2.05, 4.69) is 5.32 Å². The van der Waals surface area contributed by atoms with Crippen LogP contribution in [0.15, 0.2) is 0 Å². The monoisotopic (exact) mass is 345 g/mol. The number of nitrogens with one attached hydrogen (secondary N) is 2. The second-order valence-corrected chi connectivity index (χ2v) is 9.37. The molecule has 1 saturated heterocycles. The SMILES string of the molecule is CNC(=O)OCC(=N)SSN(C)P1(=S)OCCCO1. The topological polar surface area (TPSA) is 83.9 Å². The molecule has 0 atom stereocenters. The Morgan fingerprint density at radius 3 is 2.79 bits per heavy atom. The molecule has 1 rings (SSSR count). The van der Waals surface area contributed by atoms with Crippen LogP contribution in [-0.2, 0) is 25.6 Å². The van der Waals surface area contributed by atoms with E-state index in [0.29, 0.717) is 13.2 Å². The number of carbonyl (C=O) groups excluding carboxylic acids is 1. The maximum atomic E-state index is 10.8. The van der Waals surface area contributed by atoms with Gasteiger partial charge in [-0.1, -0.05) is 0 Å². The first-order valence-corrected chi connectivity index (χ1v) is 10.1. The van der Waals surface area contributed by atoms with Crippen LogP contribution in [0.5, 0.6) is 0 Å². The Labute approximate surface area is 125 Å². The largest absolute Gasteiger partial charge is 0.442 e. The summed E-state index contributed by atoms with van der Waals surface area (Å²) in [6.07, 6.45) is 0.287. The lowest BCUT2D eigenvalue weighted by Gasteiger charge is -2.32. The van der Waals surface area contributed by atoms with Crippen LogP contribution in [0.4, 0.5) is 4.79 Å². The van der Waals surface area contributed by atoms with E-state index < -0.39 is 12.7 Å². The lowest BCUT2D eigenvalue weighted by molar-refractivity contribution is 0.164. The Balaban J connectivity index is 2.29. The van der Waals surface area contributed by atoms with Crippen molar-refractivity contribution in [3.8, 4) is 0 Å². The van der Waals surface area contributed by atoms with Crippen LogP contribution in [0, 0.1) is 5.41 Å². The third kappa shape index (κ3) is 5.99. The molecule has 0 unspecified atom stereocenters. The normalized spacial score (nSPS) is 18.1.